The normalized spacial score (nSPS) is 36.3. The van der Waals surface area contributed by atoms with Gasteiger partial charge in [0.05, 0.1) is 19.3 Å². The highest BCUT2D eigenvalue weighted by Gasteiger charge is 2.70. The predicted octanol–water partition coefficient (Wildman–Crippen LogP) is 5.19. The molecule has 4 rings (SSSR count). The van der Waals surface area contributed by atoms with E-state index in [0.717, 1.165) is 18.4 Å². The van der Waals surface area contributed by atoms with E-state index < -0.39 is 47.2 Å². The monoisotopic (exact) mass is 560 g/mol. The fourth-order valence-electron chi connectivity index (χ4n) is 7.92. The number of carbonyl (C=O) groups is 4. The molecule has 0 heterocycles. The van der Waals surface area contributed by atoms with Gasteiger partial charge in [-0.2, -0.15) is 0 Å². The van der Waals surface area contributed by atoms with Gasteiger partial charge in [-0.05, 0) is 67.9 Å². The van der Waals surface area contributed by atoms with Gasteiger partial charge in [0.15, 0.2) is 18.0 Å². The van der Waals surface area contributed by atoms with Crippen molar-refractivity contribution in [3.8, 4) is 0 Å². The number of fused-ring (bicyclic) bond motifs is 5. The van der Waals surface area contributed by atoms with Crippen LogP contribution in [0.5, 0.6) is 0 Å². The summed E-state index contributed by atoms with van der Waals surface area (Å²) < 4.78 is 21.5. The van der Waals surface area contributed by atoms with Gasteiger partial charge >= 0.3 is 12.3 Å². The van der Waals surface area contributed by atoms with Crippen LogP contribution in [-0.4, -0.2) is 60.5 Å². The van der Waals surface area contributed by atoms with E-state index in [-0.39, 0.29) is 61.4 Å². The van der Waals surface area contributed by atoms with E-state index in [1.54, 1.807) is 12.2 Å². The molecule has 0 saturated heterocycles. The number of ether oxygens (including phenoxy) is 4. The number of rotatable bonds is 8. The van der Waals surface area contributed by atoms with E-state index in [9.17, 15) is 24.3 Å². The SMILES string of the molecule is CC(C)COC(=O)OCC(=O)[C@@]1(OC(=O)OCC(C)C)CC[C@H]2[C@@H]3CCC4=CC(=O)C=C[C@]4(C)[C@H]3C(O)C[C@@]21C. The molecule has 7 atom stereocenters. The first-order valence-corrected chi connectivity index (χ1v) is 14.5. The minimum atomic E-state index is -1.63. The summed E-state index contributed by atoms with van der Waals surface area (Å²) in [6, 6.07) is 0. The van der Waals surface area contributed by atoms with Crippen molar-refractivity contribution in [3.63, 3.8) is 0 Å². The van der Waals surface area contributed by atoms with Crippen LogP contribution in [0.4, 0.5) is 9.59 Å². The van der Waals surface area contributed by atoms with Crippen LogP contribution in [0, 0.1) is 40.4 Å². The first-order chi connectivity index (χ1) is 18.7. The molecule has 9 heteroatoms. The van der Waals surface area contributed by atoms with Gasteiger partial charge in [-0.15, -0.1) is 0 Å². The summed E-state index contributed by atoms with van der Waals surface area (Å²) in [4.78, 5) is 51.1. The summed E-state index contributed by atoms with van der Waals surface area (Å²) in [5, 5.41) is 11.7. The molecular formula is C31H44O9. The average Bonchev–Trinajstić information content (AvgIpc) is 3.17. The molecule has 0 aromatic heterocycles. The fraction of sp³-hybridized carbons (Fsp3) is 0.742. The van der Waals surface area contributed by atoms with E-state index in [2.05, 4.69) is 6.92 Å². The molecule has 40 heavy (non-hydrogen) atoms. The Morgan fingerprint density at radius 1 is 1.00 bits per heavy atom. The van der Waals surface area contributed by atoms with Gasteiger partial charge in [-0.25, -0.2) is 9.59 Å². The van der Waals surface area contributed by atoms with Crippen molar-refractivity contribution in [2.24, 2.45) is 40.4 Å². The van der Waals surface area contributed by atoms with Crippen molar-refractivity contribution in [1.29, 1.82) is 0 Å². The lowest BCUT2D eigenvalue weighted by molar-refractivity contribution is -0.184. The van der Waals surface area contributed by atoms with Gasteiger partial charge in [0.25, 0.3) is 0 Å². The Labute approximate surface area is 236 Å². The van der Waals surface area contributed by atoms with Gasteiger partial charge in [0, 0.05) is 16.7 Å². The first kappa shape index (κ1) is 30.3. The Morgan fingerprint density at radius 3 is 2.30 bits per heavy atom. The van der Waals surface area contributed by atoms with Crippen LogP contribution in [0.2, 0.25) is 0 Å². The van der Waals surface area contributed by atoms with Crippen LogP contribution in [0.3, 0.4) is 0 Å². The molecule has 4 aliphatic carbocycles. The zero-order valence-electron chi connectivity index (χ0n) is 24.6. The topological polar surface area (TPSA) is 125 Å². The highest BCUT2D eigenvalue weighted by Crippen LogP contribution is 2.68. The van der Waals surface area contributed by atoms with E-state index in [0.29, 0.717) is 6.42 Å². The quantitative estimate of drug-likeness (QED) is 0.399. The van der Waals surface area contributed by atoms with Gasteiger partial charge in [0.2, 0.25) is 5.78 Å². The molecule has 0 amide bonds. The Bertz CT molecular complexity index is 1090. The summed E-state index contributed by atoms with van der Waals surface area (Å²) in [6.45, 7) is 11.2. The summed E-state index contributed by atoms with van der Waals surface area (Å²) >= 11 is 0. The minimum absolute atomic E-state index is 0.0354. The van der Waals surface area contributed by atoms with Crippen LogP contribution in [0.25, 0.3) is 0 Å². The van der Waals surface area contributed by atoms with Crippen LogP contribution in [0.1, 0.15) is 73.6 Å². The molecule has 1 N–H and O–H groups in total. The Kier molecular flexibility index (Phi) is 8.56. The third-order valence-corrected chi connectivity index (χ3v) is 9.71. The maximum atomic E-state index is 13.9. The zero-order chi connectivity index (χ0) is 29.5. The molecule has 9 nitrogen and oxygen atoms in total. The second-order valence-electron chi connectivity index (χ2n) is 13.3. The van der Waals surface area contributed by atoms with Gasteiger partial charge in [-0.3, -0.25) is 9.59 Å². The molecule has 0 aliphatic heterocycles. The standard InChI is InChI=1S/C31H44O9/c1-18(2)15-37-27(35)39-17-25(34)31(40-28(36)38-16-19(3)4)12-10-23-22-8-7-20-13-21(32)9-11-29(20,5)26(22)24(33)14-30(23,31)6/h9,11,13,18-19,22-24,26,33H,7-8,10,12,14-17H2,1-6H3/t22-,23-,24?,26+,29-,30-,31-/m0/s1. The second-order valence-corrected chi connectivity index (χ2v) is 13.3. The Hall–Kier alpha value is -2.68. The highest BCUT2D eigenvalue weighted by atomic mass is 16.7. The number of hydrogen-bond acceptors (Lipinski definition) is 9. The molecule has 0 bridgehead atoms. The number of aliphatic hydroxyl groups is 1. The lowest BCUT2D eigenvalue weighted by Crippen LogP contribution is -2.63. The largest absolute Gasteiger partial charge is 0.509 e. The minimum Gasteiger partial charge on any atom is -0.434 e. The smallest absolute Gasteiger partial charge is 0.434 e. The van der Waals surface area contributed by atoms with Gasteiger partial charge in [0.1, 0.15) is 0 Å². The number of Topliss-reactive ketones (excluding diaryl/α,β-unsaturated/α-hetero) is 1. The maximum Gasteiger partial charge on any atom is 0.509 e. The van der Waals surface area contributed by atoms with Crippen LogP contribution in [-0.2, 0) is 28.5 Å². The summed E-state index contributed by atoms with van der Waals surface area (Å²) in [7, 11) is 0. The van der Waals surface area contributed by atoms with Crippen LogP contribution in [0.15, 0.2) is 23.8 Å². The van der Waals surface area contributed by atoms with E-state index in [1.807, 2.05) is 40.7 Å². The molecule has 0 aromatic rings. The predicted molar refractivity (Wildman–Crippen MR) is 145 cm³/mol. The number of aliphatic hydroxyl groups excluding tert-OH is 1. The number of carbonyl (C=O) groups excluding carboxylic acids is 4. The highest BCUT2D eigenvalue weighted by molar-refractivity contribution is 6.01. The second kappa shape index (κ2) is 11.3. The summed E-state index contributed by atoms with van der Waals surface area (Å²) in [5.74, 6) is -0.553. The molecule has 0 radical (unpaired) electrons. The fourth-order valence-corrected chi connectivity index (χ4v) is 7.92. The Morgan fingerprint density at radius 2 is 1.65 bits per heavy atom. The molecular weight excluding hydrogens is 516 g/mol. The van der Waals surface area contributed by atoms with Crippen molar-refractivity contribution < 1.29 is 43.2 Å². The molecule has 3 saturated carbocycles. The summed E-state index contributed by atoms with van der Waals surface area (Å²) in [5.41, 5.74) is -1.98. The first-order valence-electron chi connectivity index (χ1n) is 14.5. The number of hydrogen-bond donors (Lipinski definition) is 1. The van der Waals surface area contributed by atoms with Gasteiger partial charge < -0.3 is 24.1 Å². The summed E-state index contributed by atoms with van der Waals surface area (Å²) in [6.07, 6.45) is 5.01. The number of allylic oxidation sites excluding steroid dienone is 4. The van der Waals surface area contributed by atoms with Crippen molar-refractivity contribution in [2.75, 3.05) is 19.8 Å². The van der Waals surface area contributed by atoms with E-state index in [4.69, 9.17) is 18.9 Å². The lowest BCUT2D eigenvalue weighted by atomic mass is 9.46. The zero-order valence-corrected chi connectivity index (χ0v) is 24.6. The third kappa shape index (κ3) is 5.33. The lowest BCUT2D eigenvalue weighted by Gasteiger charge is -2.59. The van der Waals surface area contributed by atoms with Crippen molar-refractivity contribution in [1.82, 2.24) is 0 Å². The molecule has 0 aromatic carbocycles. The molecule has 3 fully saturated rings. The van der Waals surface area contributed by atoms with Crippen molar-refractivity contribution >= 4 is 23.9 Å². The average molecular weight is 561 g/mol. The van der Waals surface area contributed by atoms with E-state index in [1.165, 1.54) is 0 Å². The third-order valence-electron chi connectivity index (χ3n) is 9.71. The molecule has 0 spiro atoms. The maximum absolute atomic E-state index is 13.9. The number of ketones is 2. The van der Waals surface area contributed by atoms with Gasteiger partial charge in [-0.1, -0.05) is 53.2 Å². The van der Waals surface area contributed by atoms with Crippen LogP contribution >= 0.6 is 0 Å². The van der Waals surface area contributed by atoms with Crippen molar-refractivity contribution in [3.05, 3.63) is 23.8 Å². The molecule has 222 valence electrons. The van der Waals surface area contributed by atoms with Crippen LogP contribution < -0.4 is 0 Å². The van der Waals surface area contributed by atoms with Crippen molar-refractivity contribution in [2.45, 2.75) is 85.4 Å². The van der Waals surface area contributed by atoms with E-state index >= 15 is 0 Å². The molecule has 4 aliphatic rings. The Balaban J connectivity index is 1.63. The molecule has 1 unspecified atom stereocenters.